The number of rotatable bonds is 4. The minimum Gasteiger partial charge on any atom is -0.324 e. The van der Waals surface area contributed by atoms with E-state index in [-0.39, 0.29) is 5.91 Å². The lowest BCUT2D eigenvalue weighted by Crippen LogP contribution is -2.34. The van der Waals surface area contributed by atoms with Crippen LogP contribution in [0.2, 0.25) is 5.02 Å². The fourth-order valence-electron chi connectivity index (χ4n) is 2.16. The van der Waals surface area contributed by atoms with E-state index in [0.29, 0.717) is 23.3 Å². The van der Waals surface area contributed by atoms with Crippen molar-refractivity contribution < 1.29 is 4.79 Å². The Morgan fingerprint density at radius 3 is 2.83 bits per heavy atom. The molecule has 1 aromatic rings. The normalized spacial score (nSPS) is 15.9. The first-order valence-corrected chi connectivity index (χ1v) is 7.31. The molecule has 0 radical (unpaired) electrons. The van der Waals surface area contributed by atoms with E-state index in [1.165, 1.54) is 25.7 Å². The van der Waals surface area contributed by atoms with Crippen molar-refractivity contribution in [3.63, 3.8) is 0 Å². The number of hydrogen-bond acceptors (Lipinski definition) is 2. The Morgan fingerprint density at radius 2 is 2.11 bits per heavy atom. The summed E-state index contributed by atoms with van der Waals surface area (Å²) in [6.45, 7) is 0.351. The second-order valence-corrected chi connectivity index (χ2v) is 5.71. The molecule has 0 heterocycles. The molecule has 5 heteroatoms. The third-order valence-corrected chi connectivity index (χ3v) is 4.53. The highest BCUT2D eigenvalue weighted by Crippen LogP contribution is 2.29. The number of carbonyl (C=O) groups excluding carboxylic acids is 1. The van der Waals surface area contributed by atoms with Gasteiger partial charge in [-0.2, -0.15) is 0 Å². The van der Waals surface area contributed by atoms with Crippen molar-refractivity contribution in [1.82, 2.24) is 5.32 Å². The molecule has 18 heavy (non-hydrogen) atoms. The number of carbonyl (C=O) groups is 1. The van der Waals surface area contributed by atoms with E-state index in [9.17, 15) is 4.79 Å². The average Bonchev–Trinajstić information content (AvgIpc) is 2.86. The van der Waals surface area contributed by atoms with Crippen LogP contribution in [0.4, 0.5) is 5.69 Å². The molecule has 0 spiro atoms. The lowest BCUT2D eigenvalue weighted by atomic mass is 10.2. The number of nitrogens with one attached hydrogen (secondary N) is 2. The van der Waals surface area contributed by atoms with Gasteiger partial charge in [-0.25, -0.2) is 0 Å². The molecule has 0 saturated heterocycles. The summed E-state index contributed by atoms with van der Waals surface area (Å²) in [6, 6.07) is 5.91. The van der Waals surface area contributed by atoms with Gasteiger partial charge in [0.05, 0.1) is 21.7 Å². The van der Waals surface area contributed by atoms with Crippen LogP contribution in [0.25, 0.3) is 0 Å². The highest BCUT2D eigenvalue weighted by Gasteiger charge is 2.15. The van der Waals surface area contributed by atoms with Crippen LogP contribution in [-0.2, 0) is 4.79 Å². The molecule has 1 amide bonds. The van der Waals surface area contributed by atoms with Crippen LogP contribution < -0.4 is 10.6 Å². The Kier molecular flexibility index (Phi) is 5.03. The van der Waals surface area contributed by atoms with Gasteiger partial charge in [0.1, 0.15) is 0 Å². The van der Waals surface area contributed by atoms with Gasteiger partial charge in [-0.05, 0) is 40.9 Å². The highest BCUT2D eigenvalue weighted by molar-refractivity contribution is 9.10. The van der Waals surface area contributed by atoms with Gasteiger partial charge in [0.15, 0.2) is 0 Å². The van der Waals surface area contributed by atoms with Crippen molar-refractivity contribution in [2.45, 2.75) is 31.7 Å². The molecule has 0 bridgehead atoms. The Hall–Kier alpha value is -0.580. The molecule has 3 nitrogen and oxygen atoms in total. The first kappa shape index (κ1) is 13.8. The minimum absolute atomic E-state index is 0.0372. The number of benzene rings is 1. The Bertz CT molecular complexity index is 433. The molecular formula is C13H16BrClN2O. The summed E-state index contributed by atoms with van der Waals surface area (Å²) in [7, 11) is 0. The predicted octanol–water partition coefficient (Wildman–Crippen LogP) is 3.57. The van der Waals surface area contributed by atoms with E-state index in [0.717, 1.165) is 4.47 Å². The van der Waals surface area contributed by atoms with Gasteiger partial charge in [-0.1, -0.05) is 30.5 Å². The van der Waals surface area contributed by atoms with Crippen molar-refractivity contribution in [2.24, 2.45) is 0 Å². The molecule has 1 aliphatic rings. The van der Waals surface area contributed by atoms with Crippen molar-refractivity contribution >= 4 is 39.1 Å². The zero-order chi connectivity index (χ0) is 13.0. The summed E-state index contributed by atoms with van der Waals surface area (Å²) in [5.74, 6) is -0.0372. The zero-order valence-corrected chi connectivity index (χ0v) is 12.4. The van der Waals surface area contributed by atoms with E-state index in [4.69, 9.17) is 11.6 Å². The van der Waals surface area contributed by atoms with E-state index in [2.05, 4.69) is 26.6 Å². The van der Waals surface area contributed by atoms with Crippen LogP contribution in [0, 0.1) is 0 Å². The summed E-state index contributed by atoms with van der Waals surface area (Å²) < 4.78 is 0.723. The number of anilines is 1. The predicted molar refractivity (Wildman–Crippen MR) is 78.0 cm³/mol. The molecule has 0 aliphatic heterocycles. The monoisotopic (exact) mass is 330 g/mol. The van der Waals surface area contributed by atoms with Crippen molar-refractivity contribution in [3.05, 3.63) is 27.7 Å². The summed E-state index contributed by atoms with van der Waals surface area (Å²) in [4.78, 5) is 11.8. The fourth-order valence-corrected chi connectivity index (χ4v) is 2.70. The first-order valence-electron chi connectivity index (χ1n) is 6.14. The second-order valence-electron chi connectivity index (χ2n) is 4.51. The second kappa shape index (κ2) is 6.55. The average molecular weight is 332 g/mol. The SMILES string of the molecule is O=C(CNC1CCCC1)Nc1cccc(Cl)c1Br. The van der Waals surface area contributed by atoms with E-state index in [1.54, 1.807) is 6.07 Å². The van der Waals surface area contributed by atoms with Crippen LogP contribution in [0.5, 0.6) is 0 Å². The first-order chi connectivity index (χ1) is 8.66. The topological polar surface area (TPSA) is 41.1 Å². The van der Waals surface area contributed by atoms with Gasteiger partial charge in [0.25, 0.3) is 0 Å². The van der Waals surface area contributed by atoms with E-state index >= 15 is 0 Å². The maximum absolute atomic E-state index is 11.8. The van der Waals surface area contributed by atoms with E-state index in [1.807, 2.05) is 12.1 Å². The smallest absolute Gasteiger partial charge is 0.238 e. The number of hydrogen-bond donors (Lipinski definition) is 2. The van der Waals surface area contributed by atoms with Gasteiger partial charge in [0, 0.05) is 6.04 Å². The van der Waals surface area contributed by atoms with Gasteiger partial charge in [-0.15, -0.1) is 0 Å². The lowest BCUT2D eigenvalue weighted by Gasteiger charge is -2.12. The standard InChI is InChI=1S/C13H16BrClN2O/c14-13-10(15)6-3-7-11(13)17-12(18)8-16-9-4-1-2-5-9/h3,6-7,9,16H,1-2,4-5,8H2,(H,17,18). The van der Waals surface area contributed by atoms with Crippen molar-refractivity contribution in [1.29, 1.82) is 0 Å². The largest absolute Gasteiger partial charge is 0.324 e. The third-order valence-electron chi connectivity index (χ3n) is 3.13. The summed E-state index contributed by atoms with van der Waals surface area (Å²) in [6.07, 6.45) is 4.88. The molecular weight excluding hydrogens is 316 g/mol. The van der Waals surface area contributed by atoms with Gasteiger partial charge in [-0.3, -0.25) is 4.79 Å². The van der Waals surface area contributed by atoms with Crippen molar-refractivity contribution in [2.75, 3.05) is 11.9 Å². The molecule has 1 aliphatic carbocycles. The molecule has 0 atom stereocenters. The summed E-state index contributed by atoms with van der Waals surface area (Å²) >= 11 is 9.32. The van der Waals surface area contributed by atoms with Gasteiger partial charge < -0.3 is 10.6 Å². The number of halogens is 2. The van der Waals surface area contributed by atoms with Crippen molar-refractivity contribution in [3.8, 4) is 0 Å². The molecule has 1 fully saturated rings. The van der Waals surface area contributed by atoms with Crippen LogP contribution in [0.1, 0.15) is 25.7 Å². The molecule has 0 aromatic heterocycles. The maximum atomic E-state index is 11.8. The molecule has 1 aromatic carbocycles. The molecule has 2 N–H and O–H groups in total. The zero-order valence-electron chi connectivity index (χ0n) is 10.0. The van der Waals surface area contributed by atoms with Crippen LogP contribution in [0.15, 0.2) is 22.7 Å². The number of amides is 1. The summed E-state index contributed by atoms with van der Waals surface area (Å²) in [5, 5.41) is 6.71. The van der Waals surface area contributed by atoms with Crippen LogP contribution in [0.3, 0.4) is 0 Å². The Balaban J connectivity index is 1.84. The van der Waals surface area contributed by atoms with Crippen LogP contribution >= 0.6 is 27.5 Å². The molecule has 1 saturated carbocycles. The molecule has 0 unspecified atom stereocenters. The Labute approximate surface area is 120 Å². The quantitative estimate of drug-likeness (QED) is 0.885. The Morgan fingerprint density at radius 1 is 1.39 bits per heavy atom. The maximum Gasteiger partial charge on any atom is 0.238 e. The van der Waals surface area contributed by atoms with Gasteiger partial charge in [0.2, 0.25) is 5.91 Å². The fraction of sp³-hybridized carbons (Fsp3) is 0.462. The molecule has 2 rings (SSSR count). The molecule has 98 valence electrons. The minimum atomic E-state index is -0.0372. The third kappa shape index (κ3) is 3.70. The highest BCUT2D eigenvalue weighted by atomic mass is 79.9. The van der Waals surface area contributed by atoms with Crippen LogP contribution in [-0.4, -0.2) is 18.5 Å². The summed E-state index contributed by atoms with van der Waals surface area (Å²) in [5.41, 5.74) is 0.709. The van der Waals surface area contributed by atoms with E-state index < -0.39 is 0 Å². The lowest BCUT2D eigenvalue weighted by molar-refractivity contribution is -0.115. The van der Waals surface area contributed by atoms with Gasteiger partial charge >= 0.3 is 0 Å².